The van der Waals surface area contributed by atoms with E-state index in [9.17, 15) is 15.0 Å². The summed E-state index contributed by atoms with van der Waals surface area (Å²) in [6.45, 7) is 4.15. The van der Waals surface area contributed by atoms with Crippen LogP contribution in [0.5, 0.6) is 0 Å². The minimum absolute atomic E-state index is 0.0690. The number of aliphatic hydroxyl groups excluding tert-OH is 2. The van der Waals surface area contributed by atoms with E-state index >= 15 is 0 Å². The zero-order valence-electron chi connectivity index (χ0n) is 35.0. The van der Waals surface area contributed by atoms with E-state index in [1.54, 1.807) is 6.08 Å². The van der Waals surface area contributed by atoms with Crippen molar-refractivity contribution in [2.24, 2.45) is 0 Å². The quantitative estimate of drug-likeness (QED) is 0.0433. The Labute approximate surface area is 329 Å². The highest BCUT2D eigenvalue weighted by atomic mass is 16.3. The molecule has 53 heavy (non-hydrogen) atoms. The minimum atomic E-state index is -0.837. The summed E-state index contributed by atoms with van der Waals surface area (Å²) >= 11 is 0. The SMILES string of the molecule is CC/C=C\C/C=C\C/C=C\C/C=C\C/C=C\CCCCCCCCCCCCCCCCCCCC(=O)NC(CO)C(O)/C=C/CCCCCCCC. The van der Waals surface area contributed by atoms with Gasteiger partial charge >= 0.3 is 0 Å². The third-order valence-electron chi connectivity index (χ3n) is 9.95. The normalized spacial score (nSPS) is 13.7. The molecule has 0 radical (unpaired) electrons. The van der Waals surface area contributed by atoms with E-state index < -0.39 is 12.1 Å². The van der Waals surface area contributed by atoms with Gasteiger partial charge in [-0.25, -0.2) is 0 Å². The molecule has 306 valence electrons. The lowest BCUT2D eigenvalue weighted by atomic mass is 10.0. The van der Waals surface area contributed by atoms with Crippen LogP contribution >= 0.6 is 0 Å². The van der Waals surface area contributed by atoms with E-state index in [0.717, 1.165) is 57.8 Å². The number of aliphatic hydroxyl groups is 2. The van der Waals surface area contributed by atoms with Crippen LogP contribution in [0, 0.1) is 0 Å². The first-order valence-electron chi connectivity index (χ1n) is 22.7. The number of amides is 1. The van der Waals surface area contributed by atoms with E-state index in [4.69, 9.17) is 0 Å². The van der Waals surface area contributed by atoms with Gasteiger partial charge in [-0.05, 0) is 64.2 Å². The number of rotatable bonds is 40. The van der Waals surface area contributed by atoms with Crippen molar-refractivity contribution in [2.45, 2.75) is 225 Å². The van der Waals surface area contributed by atoms with Crippen molar-refractivity contribution < 1.29 is 15.0 Å². The highest BCUT2D eigenvalue weighted by Crippen LogP contribution is 2.15. The molecule has 0 bridgehead atoms. The molecular formula is C49H87NO3. The zero-order chi connectivity index (χ0) is 38.6. The Balaban J connectivity index is 3.46. The second-order valence-corrected chi connectivity index (χ2v) is 15.1. The Morgan fingerprint density at radius 2 is 0.830 bits per heavy atom. The van der Waals surface area contributed by atoms with Crippen molar-refractivity contribution >= 4 is 5.91 Å². The summed E-state index contributed by atoms with van der Waals surface area (Å²) in [6.07, 6.45) is 63.2. The maximum Gasteiger partial charge on any atom is 0.220 e. The Kier molecular flexibility index (Phi) is 42.4. The number of carbonyl (C=O) groups excluding carboxylic acids is 1. The lowest BCUT2D eigenvalue weighted by molar-refractivity contribution is -0.123. The van der Waals surface area contributed by atoms with Crippen LogP contribution in [-0.2, 0) is 4.79 Å². The maximum atomic E-state index is 12.3. The Morgan fingerprint density at radius 1 is 0.472 bits per heavy atom. The Bertz CT molecular complexity index is 930. The lowest BCUT2D eigenvalue weighted by Gasteiger charge is -2.20. The van der Waals surface area contributed by atoms with Gasteiger partial charge in [-0.2, -0.15) is 0 Å². The fourth-order valence-corrected chi connectivity index (χ4v) is 6.50. The molecule has 4 nitrogen and oxygen atoms in total. The molecule has 0 fully saturated rings. The van der Waals surface area contributed by atoms with Crippen molar-refractivity contribution in [2.75, 3.05) is 6.61 Å². The van der Waals surface area contributed by atoms with Gasteiger partial charge in [-0.3, -0.25) is 4.79 Å². The smallest absolute Gasteiger partial charge is 0.220 e. The Hall–Kier alpha value is -2.17. The second kappa shape index (κ2) is 44.2. The first-order chi connectivity index (χ1) is 26.2. The molecule has 2 unspecified atom stereocenters. The van der Waals surface area contributed by atoms with Crippen LogP contribution < -0.4 is 5.32 Å². The number of hydrogen-bond acceptors (Lipinski definition) is 3. The third-order valence-corrected chi connectivity index (χ3v) is 9.95. The molecule has 4 heteroatoms. The molecule has 0 aromatic heterocycles. The van der Waals surface area contributed by atoms with Gasteiger partial charge in [0.25, 0.3) is 0 Å². The van der Waals surface area contributed by atoms with Gasteiger partial charge in [0.2, 0.25) is 5.91 Å². The topological polar surface area (TPSA) is 69.6 Å². The average Bonchev–Trinajstić information content (AvgIpc) is 3.16. The number of nitrogens with one attached hydrogen (secondary N) is 1. The first kappa shape index (κ1) is 50.8. The van der Waals surface area contributed by atoms with Gasteiger partial charge in [0.1, 0.15) is 0 Å². The zero-order valence-corrected chi connectivity index (χ0v) is 35.0. The monoisotopic (exact) mass is 738 g/mol. The largest absolute Gasteiger partial charge is 0.394 e. The van der Waals surface area contributed by atoms with Crippen molar-refractivity contribution in [1.82, 2.24) is 5.32 Å². The van der Waals surface area contributed by atoms with Crippen molar-refractivity contribution in [3.8, 4) is 0 Å². The van der Waals surface area contributed by atoms with Crippen molar-refractivity contribution in [3.05, 3.63) is 72.9 Å². The molecule has 0 saturated carbocycles. The predicted octanol–water partition coefficient (Wildman–Crippen LogP) is 14.3. The third kappa shape index (κ3) is 40.8. The molecule has 0 spiro atoms. The standard InChI is InChI=1S/C49H87NO3/c1-3-5-7-9-11-13-14-15-16-17-18-19-20-21-22-23-24-25-26-27-28-29-30-31-32-33-34-35-36-37-39-41-43-45-49(53)50-47(46-51)48(52)44-42-40-38-12-10-8-6-4-2/h5,7,11,13,15-16,18-19,21-22,42,44,47-48,51-52H,3-4,6,8-10,12,14,17,20,23-41,43,45-46H2,1-2H3,(H,50,53)/b7-5-,13-11-,16-15-,19-18-,22-21-,44-42+. The molecule has 0 rings (SSSR count). The first-order valence-corrected chi connectivity index (χ1v) is 22.7. The van der Waals surface area contributed by atoms with Crippen LogP contribution in [0.1, 0.15) is 213 Å². The van der Waals surface area contributed by atoms with Crippen LogP contribution in [0.15, 0.2) is 72.9 Å². The van der Waals surface area contributed by atoms with E-state index in [1.807, 2.05) is 6.08 Å². The van der Waals surface area contributed by atoms with Gasteiger partial charge in [0, 0.05) is 6.42 Å². The molecule has 3 N–H and O–H groups in total. The lowest BCUT2D eigenvalue weighted by Crippen LogP contribution is -2.45. The fourth-order valence-electron chi connectivity index (χ4n) is 6.50. The summed E-state index contributed by atoms with van der Waals surface area (Å²) < 4.78 is 0. The highest BCUT2D eigenvalue weighted by Gasteiger charge is 2.17. The molecule has 0 aromatic carbocycles. The molecule has 0 heterocycles. The second-order valence-electron chi connectivity index (χ2n) is 15.1. The fraction of sp³-hybridized carbons (Fsp3) is 0.735. The summed E-state index contributed by atoms with van der Waals surface area (Å²) in [7, 11) is 0. The molecule has 2 atom stereocenters. The van der Waals surface area contributed by atoms with Gasteiger partial charge in [-0.1, -0.05) is 215 Å². The highest BCUT2D eigenvalue weighted by molar-refractivity contribution is 5.76. The number of carbonyl (C=O) groups is 1. The van der Waals surface area contributed by atoms with Crippen LogP contribution in [0.2, 0.25) is 0 Å². The molecule has 0 aliphatic rings. The van der Waals surface area contributed by atoms with E-state index in [-0.39, 0.29) is 12.5 Å². The maximum absolute atomic E-state index is 12.3. The number of unbranched alkanes of at least 4 members (excludes halogenated alkanes) is 23. The summed E-state index contributed by atoms with van der Waals surface area (Å²) in [5.41, 5.74) is 0. The Morgan fingerprint density at radius 3 is 1.25 bits per heavy atom. The molecule has 0 aromatic rings. The molecular weight excluding hydrogens is 651 g/mol. The van der Waals surface area contributed by atoms with Crippen molar-refractivity contribution in [1.29, 1.82) is 0 Å². The van der Waals surface area contributed by atoms with Gasteiger partial charge in [0.05, 0.1) is 18.8 Å². The number of hydrogen-bond donors (Lipinski definition) is 3. The summed E-state index contributed by atoms with van der Waals surface area (Å²) in [4.78, 5) is 12.3. The molecule has 0 aliphatic heterocycles. The summed E-state index contributed by atoms with van der Waals surface area (Å²) in [5.74, 6) is -0.0690. The van der Waals surface area contributed by atoms with E-state index in [1.165, 1.54) is 135 Å². The van der Waals surface area contributed by atoms with Crippen LogP contribution in [0.3, 0.4) is 0 Å². The van der Waals surface area contributed by atoms with E-state index in [0.29, 0.717) is 6.42 Å². The van der Waals surface area contributed by atoms with Crippen molar-refractivity contribution in [3.63, 3.8) is 0 Å². The van der Waals surface area contributed by atoms with Gasteiger partial charge in [-0.15, -0.1) is 0 Å². The van der Waals surface area contributed by atoms with E-state index in [2.05, 4.69) is 79.9 Å². The van der Waals surface area contributed by atoms with Crippen LogP contribution in [0.4, 0.5) is 0 Å². The average molecular weight is 738 g/mol. The predicted molar refractivity (Wildman–Crippen MR) is 234 cm³/mol. The molecule has 0 aliphatic carbocycles. The minimum Gasteiger partial charge on any atom is -0.394 e. The molecule has 0 saturated heterocycles. The van der Waals surface area contributed by atoms with Gasteiger partial charge in [0.15, 0.2) is 0 Å². The number of allylic oxidation sites excluding steroid dienone is 11. The molecule has 1 amide bonds. The van der Waals surface area contributed by atoms with Crippen LogP contribution in [-0.4, -0.2) is 34.9 Å². The van der Waals surface area contributed by atoms with Gasteiger partial charge < -0.3 is 15.5 Å². The summed E-state index contributed by atoms with van der Waals surface area (Å²) in [5, 5.41) is 22.8. The van der Waals surface area contributed by atoms with Crippen LogP contribution in [0.25, 0.3) is 0 Å². The summed E-state index contributed by atoms with van der Waals surface area (Å²) in [6, 6.07) is -0.620.